The van der Waals surface area contributed by atoms with Crippen molar-refractivity contribution in [2.24, 2.45) is 0 Å². The molecule has 0 saturated carbocycles. The number of nitrogens with one attached hydrogen (secondary N) is 2. The number of rotatable bonds is 6. The molecular formula is C20H20N4O. The number of aryl methyl sites for hydroxylation is 1. The Balaban J connectivity index is 1.64. The van der Waals surface area contributed by atoms with Crippen molar-refractivity contribution in [2.45, 2.75) is 19.9 Å². The molecule has 0 aliphatic rings. The SMILES string of the molecule is CCc1ccc(Nc2cncc(C(=O)NCc3cccnc3)c2)cc1. The van der Waals surface area contributed by atoms with Gasteiger partial charge in [0.2, 0.25) is 0 Å². The molecule has 0 aliphatic heterocycles. The largest absolute Gasteiger partial charge is 0.354 e. The van der Waals surface area contributed by atoms with Crippen LogP contribution in [0.3, 0.4) is 0 Å². The second-order valence-corrected chi connectivity index (χ2v) is 5.68. The summed E-state index contributed by atoms with van der Waals surface area (Å²) >= 11 is 0. The number of pyridine rings is 2. The first-order valence-corrected chi connectivity index (χ1v) is 8.22. The van der Waals surface area contributed by atoms with Crippen molar-refractivity contribution in [1.82, 2.24) is 15.3 Å². The summed E-state index contributed by atoms with van der Waals surface area (Å²) in [6.45, 7) is 2.56. The van der Waals surface area contributed by atoms with Crippen LogP contribution in [0.5, 0.6) is 0 Å². The Morgan fingerprint density at radius 1 is 0.960 bits per heavy atom. The lowest BCUT2D eigenvalue weighted by atomic mass is 10.1. The molecule has 1 amide bonds. The molecule has 2 aromatic heterocycles. The van der Waals surface area contributed by atoms with Crippen molar-refractivity contribution in [3.05, 3.63) is 83.9 Å². The van der Waals surface area contributed by atoms with E-state index in [0.717, 1.165) is 23.4 Å². The minimum Gasteiger partial charge on any atom is -0.354 e. The average molecular weight is 332 g/mol. The predicted molar refractivity (Wildman–Crippen MR) is 98.7 cm³/mol. The summed E-state index contributed by atoms with van der Waals surface area (Å²) in [6, 6.07) is 13.8. The van der Waals surface area contributed by atoms with E-state index < -0.39 is 0 Å². The summed E-state index contributed by atoms with van der Waals surface area (Å²) in [4.78, 5) is 20.5. The molecule has 3 aromatic rings. The molecule has 5 nitrogen and oxygen atoms in total. The highest BCUT2D eigenvalue weighted by molar-refractivity contribution is 5.94. The maximum atomic E-state index is 12.3. The molecule has 3 rings (SSSR count). The number of aromatic nitrogens is 2. The summed E-state index contributed by atoms with van der Waals surface area (Å²) in [6.07, 6.45) is 7.71. The summed E-state index contributed by atoms with van der Waals surface area (Å²) in [5.41, 5.74) is 4.49. The number of carbonyl (C=O) groups excluding carboxylic acids is 1. The predicted octanol–water partition coefficient (Wildman–Crippen LogP) is 3.71. The lowest BCUT2D eigenvalue weighted by Crippen LogP contribution is -2.23. The van der Waals surface area contributed by atoms with Gasteiger partial charge >= 0.3 is 0 Å². The minimum atomic E-state index is -0.165. The second-order valence-electron chi connectivity index (χ2n) is 5.68. The maximum absolute atomic E-state index is 12.3. The van der Waals surface area contributed by atoms with Crippen LogP contribution < -0.4 is 10.6 Å². The van der Waals surface area contributed by atoms with Crippen LogP contribution >= 0.6 is 0 Å². The number of hydrogen-bond donors (Lipinski definition) is 2. The number of anilines is 2. The number of hydrogen-bond acceptors (Lipinski definition) is 4. The number of nitrogens with zero attached hydrogens (tertiary/aromatic N) is 2. The van der Waals surface area contributed by atoms with E-state index in [2.05, 4.69) is 39.7 Å². The molecule has 0 atom stereocenters. The van der Waals surface area contributed by atoms with Crippen LogP contribution in [-0.2, 0) is 13.0 Å². The molecule has 25 heavy (non-hydrogen) atoms. The lowest BCUT2D eigenvalue weighted by Gasteiger charge is -2.09. The highest BCUT2D eigenvalue weighted by atomic mass is 16.1. The third-order valence-electron chi connectivity index (χ3n) is 3.83. The van der Waals surface area contributed by atoms with Gasteiger partial charge < -0.3 is 10.6 Å². The summed E-state index contributed by atoms with van der Waals surface area (Å²) in [5.74, 6) is -0.165. The average Bonchev–Trinajstić information content (AvgIpc) is 2.68. The Bertz CT molecular complexity index is 832. The van der Waals surface area contributed by atoms with Gasteiger partial charge in [0.15, 0.2) is 0 Å². The first kappa shape index (κ1) is 16.6. The third kappa shape index (κ3) is 4.64. The fourth-order valence-electron chi connectivity index (χ4n) is 2.41. The minimum absolute atomic E-state index is 0.165. The van der Waals surface area contributed by atoms with E-state index in [0.29, 0.717) is 12.1 Å². The van der Waals surface area contributed by atoms with Crippen LogP contribution in [0, 0.1) is 0 Å². The van der Waals surface area contributed by atoms with Crippen molar-refractivity contribution < 1.29 is 4.79 Å². The Kier molecular flexibility index (Phi) is 5.36. The van der Waals surface area contributed by atoms with Gasteiger partial charge in [0.1, 0.15) is 0 Å². The highest BCUT2D eigenvalue weighted by Crippen LogP contribution is 2.17. The van der Waals surface area contributed by atoms with E-state index in [1.54, 1.807) is 30.9 Å². The fourth-order valence-corrected chi connectivity index (χ4v) is 2.41. The summed E-state index contributed by atoms with van der Waals surface area (Å²) in [5, 5.41) is 6.15. The monoisotopic (exact) mass is 332 g/mol. The first-order chi connectivity index (χ1) is 12.2. The molecule has 0 saturated heterocycles. The molecular weight excluding hydrogens is 312 g/mol. The van der Waals surface area contributed by atoms with Gasteiger partial charge in [-0.05, 0) is 41.8 Å². The van der Waals surface area contributed by atoms with E-state index in [1.165, 1.54) is 5.56 Å². The topological polar surface area (TPSA) is 66.9 Å². The van der Waals surface area contributed by atoms with Crippen molar-refractivity contribution >= 4 is 17.3 Å². The van der Waals surface area contributed by atoms with Gasteiger partial charge in [-0.1, -0.05) is 25.1 Å². The molecule has 5 heteroatoms. The van der Waals surface area contributed by atoms with Gasteiger partial charge in [-0.2, -0.15) is 0 Å². The maximum Gasteiger partial charge on any atom is 0.253 e. The van der Waals surface area contributed by atoms with E-state index in [1.807, 2.05) is 24.3 Å². The number of benzene rings is 1. The number of amides is 1. The third-order valence-corrected chi connectivity index (χ3v) is 3.83. The van der Waals surface area contributed by atoms with Crippen molar-refractivity contribution in [2.75, 3.05) is 5.32 Å². The molecule has 0 aliphatic carbocycles. The zero-order chi connectivity index (χ0) is 17.5. The lowest BCUT2D eigenvalue weighted by molar-refractivity contribution is 0.0950. The molecule has 2 heterocycles. The molecule has 0 unspecified atom stereocenters. The van der Waals surface area contributed by atoms with Gasteiger partial charge in [-0.15, -0.1) is 0 Å². The van der Waals surface area contributed by atoms with Crippen LogP contribution in [0.1, 0.15) is 28.4 Å². The Labute approximate surface area is 147 Å². The van der Waals surface area contributed by atoms with Crippen LogP contribution in [0.15, 0.2) is 67.3 Å². The molecule has 0 bridgehead atoms. The van der Waals surface area contributed by atoms with Gasteiger partial charge in [0.25, 0.3) is 5.91 Å². The van der Waals surface area contributed by atoms with Crippen molar-refractivity contribution in [3.63, 3.8) is 0 Å². The highest BCUT2D eigenvalue weighted by Gasteiger charge is 2.07. The Morgan fingerprint density at radius 2 is 1.80 bits per heavy atom. The molecule has 0 radical (unpaired) electrons. The molecule has 2 N–H and O–H groups in total. The molecule has 0 fully saturated rings. The Morgan fingerprint density at radius 3 is 2.52 bits per heavy atom. The van der Waals surface area contributed by atoms with Crippen LogP contribution in [0.2, 0.25) is 0 Å². The standard InChI is InChI=1S/C20H20N4O/c1-2-15-5-7-18(8-6-15)24-19-10-17(13-22-14-19)20(25)23-12-16-4-3-9-21-11-16/h3-11,13-14,24H,2,12H2,1H3,(H,23,25). The van der Waals surface area contributed by atoms with Crippen molar-refractivity contribution in [3.8, 4) is 0 Å². The second kappa shape index (κ2) is 8.06. The van der Waals surface area contributed by atoms with Gasteiger partial charge in [0, 0.05) is 30.8 Å². The molecule has 0 spiro atoms. The van der Waals surface area contributed by atoms with Crippen LogP contribution in [-0.4, -0.2) is 15.9 Å². The van der Waals surface area contributed by atoms with Crippen LogP contribution in [0.25, 0.3) is 0 Å². The molecule has 1 aromatic carbocycles. The normalized spacial score (nSPS) is 10.3. The van der Waals surface area contributed by atoms with E-state index in [-0.39, 0.29) is 5.91 Å². The van der Waals surface area contributed by atoms with E-state index in [9.17, 15) is 4.79 Å². The molecule has 126 valence electrons. The number of carbonyl (C=O) groups is 1. The van der Waals surface area contributed by atoms with E-state index in [4.69, 9.17) is 0 Å². The van der Waals surface area contributed by atoms with Gasteiger partial charge in [0.05, 0.1) is 17.4 Å². The first-order valence-electron chi connectivity index (χ1n) is 8.22. The Hall–Kier alpha value is -3.21. The summed E-state index contributed by atoms with van der Waals surface area (Å²) in [7, 11) is 0. The smallest absolute Gasteiger partial charge is 0.253 e. The zero-order valence-electron chi connectivity index (χ0n) is 14.1. The zero-order valence-corrected chi connectivity index (χ0v) is 14.1. The fraction of sp³-hybridized carbons (Fsp3) is 0.150. The van der Waals surface area contributed by atoms with Crippen molar-refractivity contribution in [1.29, 1.82) is 0 Å². The quantitative estimate of drug-likeness (QED) is 0.722. The summed E-state index contributed by atoms with van der Waals surface area (Å²) < 4.78 is 0. The van der Waals surface area contributed by atoms with Crippen LogP contribution in [0.4, 0.5) is 11.4 Å². The van der Waals surface area contributed by atoms with Gasteiger partial charge in [-0.3, -0.25) is 14.8 Å². The van der Waals surface area contributed by atoms with Gasteiger partial charge in [-0.25, -0.2) is 0 Å². The van der Waals surface area contributed by atoms with E-state index >= 15 is 0 Å².